The Morgan fingerprint density at radius 2 is 1.90 bits per heavy atom. The molecule has 3 nitrogen and oxygen atoms in total. The maximum Gasteiger partial charge on any atom is 0.258 e. The SMILES string of the molecule is CC.CCCCN1C(=O)c2cccc3c(N)ccc1c23. The minimum atomic E-state index is 0.106. The van der Waals surface area contributed by atoms with Crippen molar-refractivity contribution in [1.82, 2.24) is 0 Å². The fraction of sp³-hybridized carbons (Fsp3) is 0.353. The van der Waals surface area contributed by atoms with Gasteiger partial charge >= 0.3 is 0 Å². The number of carbonyl (C=O) groups is 1. The second-order valence-electron chi connectivity index (χ2n) is 4.71. The lowest BCUT2D eigenvalue weighted by atomic mass is 10.0. The zero-order valence-electron chi connectivity index (χ0n) is 12.4. The van der Waals surface area contributed by atoms with Gasteiger partial charge in [0.05, 0.1) is 5.69 Å². The van der Waals surface area contributed by atoms with Gasteiger partial charge in [0.25, 0.3) is 5.91 Å². The van der Waals surface area contributed by atoms with Crippen molar-refractivity contribution in [3.63, 3.8) is 0 Å². The van der Waals surface area contributed by atoms with E-state index in [9.17, 15) is 4.79 Å². The minimum absolute atomic E-state index is 0.106. The highest BCUT2D eigenvalue weighted by molar-refractivity contribution is 6.26. The highest BCUT2D eigenvalue weighted by atomic mass is 16.2. The topological polar surface area (TPSA) is 46.3 Å². The van der Waals surface area contributed by atoms with Gasteiger partial charge < -0.3 is 10.6 Å². The standard InChI is InChI=1S/C15H16N2O.C2H6/c1-2-3-9-17-13-8-7-12(16)10-5-4-6-11(14(10)13)15(17)18;1-2/h4-8H,2-3,9,16H2,1H3;1-2H3. The van der Waals surface area contributed by atoms with Crippen LogP contribution in [0.1, 0.15) is 44.0 Å². The summed E-state index contributed by atoms with van der Waals surface area (Å²) >= 11 is 0. The molecule has 0 fully saturated rings. The Labute approximate surface area is 120 Å². The van der Waals surface area contributed by atoms with Crippen LogP contribution in [0.4, 0.5) is 11.4 Å². The molecule has 20 heavy (non-hydrogen) atoms. The molecule has 3 rings (SSSR count). The number of anilines is 2. The highest BCUT2D eigenvalue weighted by Crippen LogP contribution is 2.39. The van der Waals surface area contributed by atoms with E-state index in [2.05, 4.69) is 6.92 Å². The number of amides is 1. The Hall–Kier alpha value is -2.03. The van der Waals surface area contributed by atoms with Gasteiger partial charge in [0.15, 0.2) is 0 Å². The van der Waals surface area contributed by atoms with Gasteiger partial charge in [-0.3, -0.25) is 4.79 Å². The third-order valence-corrected chi connectivity index (χ3v) is 3.55. The van der Waals surface area contributed by atoms with E-state index in [1.165, 1.54) is 0 Å². The first-order valence-corrected chi connectivity index (χ1v) is 7.37. The lowest BCUT2D eigenvalue weighted by Gasteiger charge is -2.17. The summed E-state index contributed by atoms with van der Waals surface area (Å²) < 4.78 is 0. The normalized spacial score (nSPS) is 12.6. The quantitative estimate of drug-likeness (QED) is 0.849. The van der Waals surface area contributed by atoms with E-state index in [-0.39, 0.29) is 5.91 Å². The second kappa shape index (κ2) is 5.95. The number of rotatable bonds is 3. The molecule has 3 heteroatoms. The first-order valence-electron chi connectivity index (χ1n) is 7.37. The Morgan fingerprint density at radius 1 is 1.15 bits per heavy atom. The number of hydrogen-bond donors (Lipinski definition) is 1. The minimum Gasteiger partial charge on any atom is -0.398 e. The lowest BCUT2D eigenvalue weighted by Crippen LogP contribution is -2.27. The van der Waals surface area contributed by atoms with Crippen LogP contribution in [-0.4, -0.2) is 12.5 Å². The van der Waals surface area contributed by atoms with Crippen LogP contribution in [-0.2, 0) is 0 Å². The lowest BCUT2D eigenvalue weighted by molar-refractivity contribution is 0.0993. The van der Waals surface area contributed by atoms with Gasteiger partial charge in [-0.25, -0.2) is 0 Å². The zero-order chi connectivity index (χ0) is 14.7. The van der Waals surface area contributed by atoms with Gasteiger partial charge in [-0.2, -0.15) is 0 Å². The van der Waals surface area contributed by atoms with Crippen LogP contribution in [0.3, 0.4) is 0 Å². The van der Waals surface area contributed by atoms with Crippen LogP contribution >= 0.6 is 0 Å². The zero-order valence-corrected chi connectivity index (χ0v) is 12.4. The predicted molar refractivity (Wildman–Crippen MR) is 86.3 cm³/mol. The molecule has 2 aromatic carbocycles. The summed E-state index contributed by atoms with van der Waals surface area (Å²) in [5.41, 5.74) is 8.51. The van der Waals surface area contributed by atoms with Gasteiger partial charge in [0.1, 0.15) is 0 Å². The van der Waals surface area contributed by atoms with Crippen LogP contribution in [0.5, 0.6) is 0 Å². The molecule has 2 N–H and O–H groups in total. The summed E-state index contributed by atoms with van der Waals surface area (Å²) in [6.07, 6.45) is 2.10. The van der Waals surface area contributed by atoms with E-state index in [0.29, 0.717) is 0 Å². The van der Waals surface area contributed by atoms with E-state index in [1.807, 2.05) is 49.1 Å². The van der Waals surface area contributed by atoms with Crippen molar-refractivity contribution in [2.24, 2.45) is 0 Å². The average molecular weight is 270 g/mol. The molecule has 0 radical (unpaired) electrons. The Balaban J connectivity index is 0.000000704. The molecular formula is C17H22N2O. The first-order chi connectivity index (χ1) is 9.74. The van der Waals surface area contributed by atoms with Crippen molar-refractivity contribution in [2.45, 2.75) is 33.6 Å². The van der Waals surface area contributed by atoms with E-state index < -0.39 is 0 Å². The maximum absolute atomic E-state index is 12.4. The van der Waals surface area contributed by atoms with Crippen LogP contribution in [0, 0.1) is 0 Å². The number of nitrogens with zero attached hydrogens (tertiary/aromatic N) is 1. The molecule has 0 unspecified atom stereocenters. The number of hydrogen-bond acceptors (Lipinski definition) is 2. The summed E-state index contributed by atoms with van der Waals surface area (Å²) in [5.74, 6) is 0.106. The van der Waals surface area contributed by atoms with Crippen molar-refractivity contribution in [2.75, 3.05) is 17.2 Å². The summed E-state index contributed by atoms with van der Waals surface area (Å²) in [6.45, 7) is 6.91. The molecular weight excluding hydrogens is 248 g/mol. The Morgan fingerprint density at radius 3 is 2.60 bits per heavy atom. The molecule has 0 saturated heterocycles. The molecule has 1 aliphatic rings. The van der Waals surface area contributed by atoms with Crippen molar-refractivity contribution in [3.8, 4) is 0 Å². The Kier molecular flexibility index (Phi) is 4.28. The van der Waals surface area contributed by atoms with E-state index in [1.54, 1.807) is 0 Å². The smallest absolute Gasteiger partial charge is 0.258 e. The number of nitrogens with two attached hydrogens (primary N) is 1. The van der Waals surface area contributed by atoms with E-state index in [4.69, 9.17) is 5.73 Å². The maximum atomic E-state index is 12.4. The third-order valence-electron chi connectivity index (χ3n) is 3.55. The monoisotopic (exact) mass is 270 g/mol. The average Bonchev–Trinajstić information content (AvgIpc) is 2.77. The molecule has 0 aliphatic carbocycles. The molecule has 0 spiro atoms. The summed E-state index contributed by atoms with van der Waals surface area (Å²) in [4.78, 5) is 14.3. The van der Waals surface area contributed by atoms with Gasteiger partial charge in [-0.05, 0) is 24.6 Å². The number of benzene rings is 2. The second-order valence-corrected chi connectivity index (χ2v) is 4.71. The fourth-order valence-corrected chi connectivity index (χ4v) is 2.61. The van der Waals surface area contributed by atoms with Crippen LogP contribution < -0.4 is 10.6 Å². The Bertz CT molecular complexity index is 634. The van der Waals surface area contributed by atoms with Gasteiger partial charge in [-0.1, -0.05) is 39.3 Å². The highest BCUT2D eigenvalue weighted by Gasteiger charge is 2.29. The van der Waals surface area contributed by atoms with Gasteiger partial charge in [0.2, 0.25) is 0 Å². The van der Waals surface area contributed by atoms with Crippen molar-refractivity contribution in [1.29, 1.82) is 0 Å². The first kappa shape index (κ1) is 14.4. The van der Waals surface area contributed by atoms with Crippen molar-refractivity contribution >= 4 is 28.1 Å². The molecule has 106 valence electrons. The van der Waals surface area contributed by atoms with Gasteiger partial charge in [0, 0.05) is 28.6 Å². The van der Waals surface area contributed by atoms with Crippen molar-refractivity contribution < 1.29 is 4.79 Å². The molecule has 0 saturated carbocycles. The largest absolute Gasteiger partial charge is 0.398 e. The van der Waals surface area contributed by atoms with Crippen molar-refractivity contribution in [3.05, 3.63) is 35.9 Å². The molecule has 1 aliphatic heterocycles. The number of unbranched alkanes of at least 4 members (excludes halogenated alkanes) is 1. The molecule has 0 bridgehead atoms. The van der Waals surface area contributed by atoms with Gasteiger partial charge in [-0.15, -0.1) is 0 Å². The molecule has 1 amide bonds. The van der Waals surface area contributed by atoms with E-state index in [0.717, 1.165) is 47.1 Å². The number of carbonyl (C=O) groups excluding carboxylic acids is 1. The summed E-state index contributed by atoms with van der Waals surface area (Å²) in [6, 6.07) is 9.62. The van der Waals surface area contributed by atoms with Crippen LogP contribution in [0.2, 0.25) is 0 Å². The molecule has 0 atom stereocenters. The molecule has 0 aromatic heterocycles. The predicted octanol–water partition coefficient (Wildman–Crippen LogP) is 4.21. The summed E-state index contributed by atoms with van der Waals surface area (Å²) in [5, 5.41) is 2.00. The number of nitrogen functional groups attached to an aromatic ring is 1. The third kappa shape index (κ3) is 2.13. The van der Waals surface area contributed by atoms with Crippen LogP contribution in [0.15, 0.2) is 30.3 Å². The molecule has 1 heterocycles. The fourth-order valence-electron chi connectivity index (χ4n) is 2.61. The van der Waals surface area contributed by atoms with E-state index >= 15 is 0 Å². The molecule has 2 aromatic rings. The summed E-state index contributed by atoms with van der Waals surface area (Å²) in [7, 11) is 0. The van der Waals surface area contributed by atoms with Crippen LogP contribution in [0.25, 0.3) is 10.8 Å².